The summed E-state index contributed by atoms with van der Waals surface area (Å²) in [7, 11) is -2.49. The van der Waals surface area contributed by atoms with Crippen LogP contribution in [-0.4, -0.2) is 25.5 Å². The molecule has 1 heterocycles. The summed E-state index contributed by atoms with van der Waals surface area (Å²) in [5.41, 5.74) is 3.86. The Labute approximate surface area is 210 Å². The zero-order valence-corrected chi connectivity index (χ0v) is 21.4. The number of aromatic nitrogens is 2. The maximum Gasteiger partial charge on any atom is 0.335 e. The van der Waals surface area contributed by atoms with Gasteiger partial charge in [-0.3, -0.25) is 14.0 Å². The third kappa shape index (κ3) is 4.78. The molecule has 0 spiro atoms. The van der Waals surface area contributed by atoms with Gasteiger partial charge in [0, 0.05) is 29.9 Å². The van der Waals surface area contributed by atoms with Crippen molar-refractivity contribution < 1.29 is 19.1 Å². The zero-order valence-electron chi connectivity index (χ0n) is 20.5. The molecular formula is C28H30N3O4P. The quantitative estimate of drug-likeness (QED) is 0.200. The summed E-state index contributed by atoms with van der Waals surface area (Å²) in [5, 5.41) is 8.22. The Balaban J connectivity index is 1.55. The van der Waals surface area contributed by atoms with Crippen molar-refractivity contribution >= 4 is 36.0 Å². The first-order chi connectivity index (χ1) is 17.2. The minimum atomic E-state index is -4.37. The van der Waals surface area contributed by atoms with Crippen LogP contribution < -0.4 is 5.32 Å². The van der Waals surface area contributed by atoms with E-state index in [0.29, 0.717) is 24.1 Å². The van der Waals surface area contributed by atoms with Gasteiger partial charge in [0.1, 0.15) is 0 Å². The maximum absolute atomic E-state index is 12.7. The molecule has 0 aliphatic rings. The number of fused-ring (bicyclic) bond motifs is 1. The van der Waals surface area contributed by atoms with Gasteiger partial charge in [-0.15, -0.1) is 0 Å². The minimum Gasteiger partial charge on any atom is -0.324 e. The molecule has 8 heteroatoms. The molecule has 0 bridgehead atoms. The first-order valence-corrected chi connectivity index (χ1v) is 13.5. The number of anilines is 1. The summed E-state index contributed by atoms with van der Waals surface area (Å²) in [6.45, 7) is 3.54. The van der Waals surface area contributed by atoms with Crippen molar-refractivity contribution in [2.75, 3.05) is 5.32 Å². The number of rotatable bonds is 8. The Bertz CT molecular complexity index is 1460. The van der Waals surface area contributed by atoms with Crippen LogP contribution in [0.5, 0.6) is 0 Å². The van der Waals surface area contributed by atoms with Crippen molar-refractivity contribution in [3.8, 4) is 11.3 Å². The van der Waals surface area contributed by atoms with Crippen LogP contribution in [0.25, 0.3) is 28.1 Å². The highest BCUT2D eigenvalue weighted by molar-refractivity contribution is 7.53. The van der Waals surface area contributed by atoms with Gasteiger partial charge in [0.15, 0.2) is 0 Å². The number of aryl methyl sites for hydroxylation is 1. The molecule has 186 valence electrons. The lowest BCUT2D eigenvalue weighted by atomic mass is 9.92. The topological polar surface area (TPSA) is 104 Å². The van der Waals surface area contributed by atoms with Crippen LogP contribution in [0.4, 0.5) is 5.69 Å². The molecule has 4 aromatic rings. The fourth-order valence-electron chi connectivity index (χ4n) is 4.79. The van der Waals surface area contributed by atoms with Crippen molar-refractivity contribution in [1.82, 2.24) is 9.78 Å². The standard InChI is InChI=1S/C28H30N3O4P/c1-4-28(5-2,36(33,34)35)22-14-16-23(17-15-22)30-26(32)18-13-21-19-29-31(3)27(21)25-12-8-10-20-9-6-7-11-24(20)25/h6-19H,4-5H2,1-3H3,(H,30,32)(H2,33,34,35). The van der Waals surface area contributed by atoms with Crippen LogP contribution >= 0.6 is 7.60 Å². The fraction of sp³-hybridized carbons (Fsp3) is 0.214. The van der Waals surface area contributed by atoms with Crippen LogP contribution in [0.1, 0.15) is 37.8 Å². The average molecular weight is 504 g/mol. The van der Waals surface area contributed by atoms with E-state index in [-0.39, 0.29) is 5.91 Å². The lowest BCUT2D eigenvalue weighted by molar-refractivity contribution is -0.111. The summed E-state index contributed by atoms with van der Waals surface area (Å²) < 4.78 is 14.0. The first kappa shape index (κ1) is 25.6. The summed E-state index contributed by atoms with van der Waals surface area (Å²) in [6.07, 6.45) is 5.55. The van der Waals surface area contributed by atoms with Crippen molar-refractivity contribution in [2.45, 2.75) is 31.8 Å². The van der Waals surface area contributed by atoms with Crippen molar-refractivity contribution in [1.29, 1.82) is 0 Å². The molecule has 0 unspecified atom stereocenters. The molecule has 1 aromatic heterocycles. The monoisotopic (exact) mass is 503 g/mol. The SMILES string of the molecule is CCC(CC)(c1ccc(NC(=O)C=Cc2cnn(C)c2-c2cccc3ccccc23)cc1)P(=O)(O)O. The van der Waals surface area contributed by atoms with E-state index in [2.05, 4.69) is 28.6 Å². The number of hydrogen-bond donors (Lipinski definition) is 3. The van der Waals surface area contributed by atoms with Gasteiger partial charge in [-0.1, -0.05) is 68.4 Å². The van der Waals surface area contributed by atoms with Crippen LogP contribution in [0.15, 0.2) is 79.0 Å². The van der Waals surface area contributed by atoms with Crippen LogP contribution in [0, 0.1) is 0 Å². The molecule has 3 aromatic carbocycles. The number of carbonyl (C=O) groups excluding carboxylic acids is 1. The smallest absolute Gasteiger partial charge is 0.324 e. The number of amides is 1. The molecule has 0 saturated heterocycles. The summed E-state index contributed by atoms with van der Waals surface area (Å²) in [5.74, 6) is -0.317. The highest BCUT2D eigenvalue weighted by Crippen LogP contribution is 2.60. The van der Waals surface area contributed by atoms with E-state index in [9.17, 15) is 19.1 Å². The van der Waals surface area contributed by atoms with Crippen LogP contribution in [-0.2, 0) is 21.6 Å². The first-order valence-electron chi connectivity index (χ1n) is 11.9. The second-order valence-electron chi connectivity index (χ2n) is 8.78. The van der Waals surface area contributed by atoms with Crippen molar-refractivity contribution in [3.63, 3.8) is 0 Å². The lowest BCUT2D eigenvalue weighted by Crippen LogP contribution is -2.24. The predicted octanol–water partition coefficient (Wildman–Crippen LogP) is 6.09. The average Bonchev–Trinajstić information content (AvgIpc) is 3.23. The van der Waals surface area contributed by atoms with Gasteiger partial charge >= 0.3 is 7.60 Å². The minimum absolute atomic E-state index is 0.312. The number of nitrogens with one attached hydrogen (secondary N) is 1. The molecule has 0 aliphatic heterocycles. The van der Waals surface area contributed by atoms with Gasteiger partial charge in [0.2, 0.25) is 5.91 Å². The molecule has 3 N–H and O–H groups in total. The van der Waals surface area contributed by atoms with Gasteiger partial charge in [-0.05, 0) is 47.4 Å². The number of carbonyl (C=O) groups is 1. The Morgan fingerprint density at radius 3 is 2.36 bits per heavy atom. The van der Waals surface area contributed by atoms with Crippen LogP contribution in [0.3, 0.4) is 0 Å². The predicted molar refractivity (Wildman–Crippen MR) is 145 cm³/mol. The molecule has 0 atom stereocenters. The second-order valence-corrected chi connectivity index (χ2v) is 10.7. The molecular weight excluding hydrogens is 473 g/mol. The van der Waals surface area contributed by atoms with Crippen LogP contribution in [0.2, 0.25) is 0 Å². The molecule has 1 amide bonds. The normalized spacial score (nSPS) is 12.4. The van der Waals surface area contributed by atoms with Gasteiger partial charge in [0.05, 0.1) is 17.0 Å². The summed E-state index contributed by atoms with van der Waals surface area (Å²) in [6, 6.07) is 20.9. The number of benzene rings is 3. The molecule has 0 aliphatic carbocycles. The number of nitrogens with zero attached hydrogens (tertiary/aromatic N) is 2. The Hall–Kier alpha value is -3.51. The molecule has 36 heavy (non-hydrogen) atoms. The summed E-state index contributed by atoms with van der Waals surface area (Å²) >= 11 is 0. The van der Waals surface area contributed by atoms with Gasteiger partial charge in [-0.2, -0.15) is 5.10 Å². The van der Waals surface area contributed by atoms with Gasteiger partial charge in [0.25, 0.3) is 0 Å². The maximum atomic E-state index is 12.7. The highest BCUT2D eigenvalue weighted by atomic mass is 31.2. The zero-order chi connectivity index (χ0) is 25.9. The van der Waals surface area contributed by atoms with E-state index in [4.69, 9.17) is 0 Å². The Morgan fingerprint density at radius 2 is 1.69 bits per heavy atom. The molecule has 0 fully saturated rings. The molecule has 0 radical (unpaired) electrons. The Morgan fingerprint density at radius 1 is 1.03 bits per heavy atom. The summed E-state index contributed by atoms with van der Waals surface area (Å²) in [4.78, 5) is 32.6. The molecule has 7 nitrogen and oxygen atoms in total. The van der Waals surface area contributed by atoms with Crippen molar-refractivity contribution in [3.05, 3.63) is 90.1 Å². The largest absolute Gasteiger partial charge is 0.335 e. The fourth-order valence-corrected chi connectivity index (χ4v) is 6.10. The van der Waals surface area contributed by atoms with E-state index in [1.807, 2.05) is 31.3 Å². The van der Waals surface area contributed by atoms with E-state index >= 15 is 0 Å². The highest BCUT2D eigenvalue weighted by Gasteiger charge is 2.45. The molecule has 0 saturated carbocycles. The van der Waals surface area contributed by atoms with Gasteiger partial charge < -0.3 is 15.1 Å². The van der Waals surface area contributed by atoms with E-state index in [1.165, 1.54) is 6.08 Å². The van der Waals surface area contributed by atoms with E-state index < -0.39 is 12.8 Å². The third-order valence-electron chi connectivity index (χ3n) is 6.84. The third-order valence-corrected chi connectivity index (χ3v) is 8.85. The van der Waals surface area contributed by atoms with E-state index in [0.717, 1.165) is 27.6 Å². The van der Waals surface area contributed by atoms with Crippen molar-refractivity contribution in [2.24, 2.45) is 7.05 Å². The Kier molecular flexibility index (Phi) is 7.27. The number of hydrogen-bond acceptors (Lipinski definition) is 3. The lowest BCUT2D eigenvalue weighted by Gasteiger charge is -2.33. The molecule has 4 rings (SSSR count). The second kappa shape index (κ2) is 10.2. The van der Waals surface area contributed by atoms with E-state index in [1.54, 1.807) is 55.1 Å². The van der Waals surface area contributed by atoms with Gasteiger partial charge in [-0.25, -0.2) is 0 Å².